The highest BCUT2D eigenvalue weighted by molar-refractivity contribution is 9.09. The highest BCUT2D eigenvalue weighted by Gasteiger charge is 2.36. The quantitative estimate of drug-likeness (QED) is 0.738. The number of benzene rings is 1. The van der Waals surface area contributed by atoms with Gasteiger partial charge in [-0.2, -0.15) is 8.78 Å². The molecule has 0 radical (unpaired) electrons. The van der Waals surface area contributed by atoms with Crippen LogP contribution in [0.2, 0.25) is 0 Å². The third-order valence-corrected chi connectivity index (χ3v) is 4.52. The molecule has 106 valence electrons. The monoisotopic (exact) mass is 331 g/mol. The van der Waals surface area contributed by atoms with Crippen molar-refractivity contribution in [1.82, 2.24) is 4.90 Å². The molecule has 2 rings (SSSR count). The van der Waals surface area contributed by atoms with E-state index < -0.39 is 5.92 Å². The van der Waals surface area contributed by atoms with Crippen LogP contribution >= 0.6 is 15.9 Å². The number of rotatable bonds is 4. The van der Waals surface area contributed by atoms with E-state index in [1.807, 2.05) is 4.90 Å². The van der Waals surface area contributed by atoms with Crippen molar-refractivity contribution >= 4 is 15.9 Å². The van der Waals surface area contributed by atoms with Crippen molar-refractivity contribution in [2.75, 3.05) is 18.4 Å². The Labute approximate surface area is 122 Å². The fourth-order valence-corrected chi connectivity index (χ4v) is 3.38. The fourth-order valence-electron chi connectivity index (χ4n) is 2.65. The second kappa shape index (κ2) is 6.80. The highest BCUT2D eigenvalue weighted by atomic mass is 79.9. The third-order valence-electron chi connectivity index (χ3n) is 3.77. The summed E-state index contributed by atoms with van der Waals surface area (Å²) in [6, 6.07) is 8.38. The average molecular weight is 332 g/mol. The Morgan fingerprint density at radius 1 is 1.16 bits per heavy atom. The van der Waals surface area contributed by atoms with E-state index in [2.05, 4.69) is 15.9 Å². The van der Waals surface area contributed by atoms with Crippen molar-refractivity contribution in [3.05, 3.63) is 35.9 Å². The van der Waals surface area contributed by atoms with Crippen LogP contribution < -0.4 is 0 Å². The maximum atomic E-state index is 14.3. The number of nitrogens with zero attached hydrogens (tertiary/aromatic N) is 1. The molecule has 1 aliphatic heterocycles. The van der Waals surface area contributed by atoms with Gasteiger partial charge in [0.2, 0.25) is 0 Å². The molecule has 1 aliphatic rings. The average Bonchev–Trinajstić information content (AvgIpc) is 2.64. The first-order valence-electron chi connectivity index (χ1n) is 6.87. The molecule has 4 heteroatoms. The maximum Gasteiger partial charge on any atom is 0.285 e. The molecule has 1 aromatic rings. The topological polar surface area (TPSA) is 3.24 Å². The van der Waals surface area contributed by atoms with Gasteiger partial charge in [-0.25, -0.2) is 0 Å². The molecule has 0 saturated carbocycles. The predicted octanol–water partition coefficient (Wildman–Crippen LogP) is 4.42. The van der Waals surface area contributed by atoms with Crippen molar-refractivity contribution in [3.63, 3.8) is 0 Å². The largest absolute Gasteiger partial charge is 0.293 e. The second-order valence-corrected chi connectivity index (χ2v) is 5.85. The lowest BCUT2D eigenvalue weighted by molar-refractivity contribution is -0.0453. The van der Waals surface area contributed by atoms with Crippen LogP contribution in [0.4, 0.5) is 8.78 Å². The van der Waals surface area contributed by atoms with E-state index >= 15 is 0 Å². The van der Waals surface area contributed by atoms with Gasteiger partial charge in [0.25, 0.3) is 5.92 Å². The van der Waals surface area contributed by atoms with Gasteiger partial charge in [-0.15, -0.1) is 0 Å². The minimum absolute atomic E-state index is 0.118. The van der Waals surface area contributed by atoms with Gasteiger partial charge in [-0.1, -0.05) is 59.1 Å². The van der Waals surface area contributed by atoms with Crippen molar-refractivity contribution in [1.29, 1.82) is 0 Å². The van der Waals surface area contributed by atoms with Crippen LogP contribution in [0.25, 0.3) is 0 Å². The van der Waals surface area contributed by atoms with Gasteiger partial charge in [-0.3, -0.25) is 4.90 Å². The van der Waals surface area contributed by atoms with Gasteiger partial charge >= 0.3 is 0 Å². The Bertz CT molecular complexity index is 383. The van der Waals surface area contributed by atoms with Crippen molar-refractivity contribution in [2.45, 2.75) is 37.6 Å². The summed E-state index contributed by atoms with van der Waals surface area (Å²) in [5.74, 6) is -2.77. The van der Waals surface area contributed by atoms with Crippen molar-refractivity contribution in [2.24, 2.45) is 0 Å². The van der Waals surface area contributed by atoms with Gasteiger partial charge in [0.05, 0.1) is 6.54 Å². The first kappa shape index (κ1) is 14.9. The van der Waals surface area contributed by atoms with Crippen LogP contribution in [0, 0.1) is 0 Å². The van der Waals surface area contributed by atoms with Crippen LogP contribution in [0.1, 0.15) is 31.2 Å². The summed E-state index contributed by atoms with van der Waals surface area (Å²) >= 11 is 3.46. The number of hydrogen-bond donors (Lipinski definition) is 0. The van der Waals surface area contributed by atoms with Crippen molar-refractivity contribution in [3.8, 4) is 0 Å². The number of hydrogen-bond acceptors (Lipinski definition) is 1. The molecule has 1 heterocycles. The summed E-state index contributed by atoms with van der Waals surface area (Å²) in [6.07, 6.45) is 4.32. The number of halogens is 3. The third kappa shape index (κ3) is 3.99. The van der Waals surface area contributed by atoms with Crippen LogP contribution in [0.5, 0.6) is 0 Å². The summed E-state index contributed by atoms with van der Waals surface area (Å²) < 4.78 is 28.7. The maximum absolute atomic E-state index is 14.3. The second-order valence-electron chi connectivity index (χ2n) is 5.20. The molecule has 1 saturated heterocycles. The summed E-state index contributed by atoms with van der Waals surface area (Å²) in [6.45, 7) is 0.603. The molecule has 19 heavy (non-hydrogen) atoms. The minimum atomic E-state index is -2.77. The lowest BCUT2D eigenvalue weighted by atomic mass is 10.1. The Hall–Kier alpha value is -0.480. The van der Waals surface area contributed by atoms with Gasteiger partial charge < -0.3 is 0 Å². The highest BCUT2D eigenvalue weighted by Crippen LogP contribution is 2.31. The Balaban J connectivity index is 2.09. The molecule has 1 atom stereocenters. The SMILES string of the molecule is FC(F)(CN1CCCCCC1CBr)c1ccccc1. The van der Waals surface area contributed by atoms with E-state index in [0.717, 1.165) is 37.6 Å². The first-order chi connectivity index (χ1) is 9.13. The van der Waals surface area contributed by atoms with E-state index in [1.54, 1.807) is 18.2 Å². The van der Waals surface area contributed by atoms with Crippen molar-refractivity contribution < 1.29 is 8.78 Å². The van der Waals surface area contributed by atoms with Crippen LogP contribution in [-0.2, 0) is 5.92 Å². The Kier molecular flexibility index (Phi) is 5.34. The summed E-state index contributed by atoms with van der Waals surface area (Å²) in [5, 5.41) is 0.776. The number of alkyl halides is 3. The molecular weight excluding hydrogens is 312 g/mol. The molecule has 1 nitrogen and oxygen atoms in total. The minimum Gasteiger partial charge on any atom is -0.293 e. The zero-order valence-electron chi connectivity index (χ0n) is 11.0. The van der Waals surface area contributed by atoms with Crippen LogP contribution in [-0.4, -0.2) is 29.4 Å². The standard InChI is InChI=1S/C15H20BrF2N/c16-11-14-9-5-2-6-10-19(14)12-15(17,18)13-7-3-1-4-8-13/h1,3-4,7-8,14H,2,5-6,9-12H2. The van der Waals surface area contributed by atoms with E-state index in [0.29, 0.717) is 0 Å². The van der Waals surface area contributed by atoms with Crippen LogP contribution in [0.3, 0.4) is 0 Å². The van der Waals surface area contributed by atoms with E-state index in [9.17, 15) is 8.78 Å². The van der Waals surface area contributed by atoms with Crippen LogP contribution in [0.15, 0.2) is 30.3 Å². The van der Waals surface area contributed by atoms with Gasteiger partial charge in [0.1, 0.15) is 0 Å². The fraction of sp³-hybridized carbons (Fsp3) is 0.600. The number of likely N-dealkylation sites (tertiary alicyclic amines) is 1. The summed E-state index contributed by atoms with van der Waals surface area (Å²) in [7, 11) is 0. The smallest absolute Gasteiger partial charge is 0.285 e. The Morgan fingerprint density at radius 2 is 1.89 bits per heavy atom. The van der Waals surface area contributed by atoms with Gasteiger partial charge in [-0.05, 0) is 19.4 Å². The van der Waals surface area contributed by atoms with E-state index in [-0.39, 0.29) is 18.2 Å². The predicted molar refractivity (Wildman–Crippen MR) is 78.0 cm³/mol. The van der Waals surface area contributed by atoms with E-state index in [1.165, 1.54) is 12.1 Å². The zero-order chi connectivity index (χ0) is 13.7. The molecule has 0 aliphatic carbocycles. The summed E-state index contributed by atoms with van der Waals surface area (Å²) in [4.78, 5) is 1.95. The lowest BCUT2D eigenvalue weighted by Gasteiger charge is -2.32. The molecule has 0 bridgehead atoms. The molecule has 0 amide bonds. The molecule has 1 fully saturated rings. The molecule has 0 aromatic heterocycles. The molecule has 0 N–H and O–H groups in total. The molecular formula is C15H20BrF2N. The van der Waals surface area contributed by atoms with Gasteiger partial charge in [0.15, 0.2) is 0 Å². The summed E-state index contributed by atoms with van der Waals surface area (Å²) in [5.41, 5.74) is 0.118. The van der Waals surface area contributed by atoms with Gasteiger partial charge in [0, 0.05) is 16.9 Å². The lowest BCUT2D eigenvalue weighted by Crippen LogP contribution is -2.42. The molecule has 1 aromatic carbocycles. The van der Waals surface area contributed by atoms with E-state index in [4.69, 9.17) is 0 Å². The first-order valence-corrected chi connectivity index (χ1v) is 7.99. The zero-order valence-corrected chi connectivity index (χ0v) is 12.6. The normalized spacial score (nSPS) is 22.2. The Morgan fingerprint density at radius 3 is 2.58 bits per heavy atom. The molecule has 1 unspecified atom stereocenters. The molecule has 0 spiro atoms.